The van der Waals surface area contributed by atoms with Crippen LogP contribution in [0.2, 0.25) is 0 Å². The monoisotopic (exact) mass is 195 g/mol. The highest BCUT2D eigenvalue weighted by molar-refractivity contribution is 7.45. The number of allylic oxidation sites excluding steroid dienone is 1. The molecule has 0 aromatic heterocycles. The van der Waals surface area contributed by atoms with Crippen molar-refractivity contribution < 1.29 is 19.2 Å². The average Bonchev–Trinajstić information content (AvgIpc) is 1.85. The molecular formula is C6H14NO4P. The predicted molar refractivity (Wildman–Crippen MR) is 45.2 cm³/mol. The Kier molecular flexibility index (Phi) is 5.37. The molecule has 0 saturated heterocycles. The van der Waals surface area contributed by atoms with Crippen LogP contribution in [0.15, 0.2) is 12.2 Å². The lowest BCUT2D eigenvalue weighted by Crippen LogP contribution is -2.17. The van der Waals surface area contributed by atoms with Gasteiger partial charge >= 0.3 is 7.82 Å². The van der Waals surface area contributed by atoms with Crippen LogP contribution in [0.5, 0.6) is 0 Å². The fraction of sp³-hybridized carbons (Fsp3) is 0.667. The van der Waals surface area contributed by atoms with Gasteiger partial charge in [-0.25, -0.2) is 4.57 Å². The molecule has 5 N–H and O–H groups in total. The first-order valence-corrected chi connectivity index (χ1v) is 5.16. The predicted octanol–water partition coefficient (Wildman–Crippen LogP) is 0.125. The normalized spacial score (nSPS) is 22.8. The molecule has 72 valence electrons. The van der Waals surface area contributed by atoms with Crippen molar-refractivity contribution >= 4 is 7.82 Å². The second kappa shape index (κ2) is 5.45. The number of hydrogen-bond donors (Lipinski definition) is 4. The van der Waals surface area contributed by atoms with Crippen LogP contribution < -0.4 is 5.73 Å². The molecule has 1 unspecified atom stereocenters. The fourth-order valence-electron chi connectivity index (χ4n) is 0.839. The summed E-state index contributed by atoms with van der Waals surface area (Å²) in [4.78, 5) is 21.6. The molecule has 1 rings (SSSR count). The molecule has 5 nitrogen and oxygen atoms in total. The lowest BCUT2D eigenvalue weighted by molar-refractivity contribution is 0.275. The number of nitrogens with two attached hydrogens (primary N) is 1. The molecule has 0 aromatic rings. The maximum Gasteiger partial charge on any atom is 0.466 e. The fourth-order valence-corrected chi connectivity index (χ4v) is 0.839. The summed E-state index contributed by atoms with van der Waals surface area (Å²) in [6.45, 7) is 0. The molecule has 0 aliphatic heterocycles. The van der Waals surface area contributed by atoms with Crippen LogP contribution in [0.3, 0.4) is 0 Å². The van der Waals surface area contributed by atoms with E-state index in [4.69, 9.17) is 25.0 Å². The zero-order valence-electron chi connectivity index (χ0n) is 6.63. The van der Waals surface area contributed by atoms with Crippen molar-refractivity contribution in [1.82, 2.24) is 0 Å². The van der Waals surface area contributed by atoms with E-state index in [0.29, 0.717) is 6.04 Å². The Labute approximate surface area is 71.1 Å². The van der Waals surface area contributed by atoms with Gasteiger partial charge in [0.2, 0.25) is 0 Å². The van der Waals surface area contributed by atoms with Gasteiger partial charge in [-0.15, -0.1) is 0 Å². The minimum absolute atomic E-state index is 0.355. The molecule has 6 heteroatoms. The molecule has 0 aromatic carbocycles. The molecule has 0 saturated carbocycles. The molecular weight excluding hydrogens is 181 g/mol. The highest BCUT2D eigenvalue weighted by Gasteiger charge is 2.00. The van der Waals surface area contributed by atoms with Crippen molar-refractivity contribution in [2.45, 2.75) is 25.3 Å². The third-order valence-corrected chi connectivity index (χ3v) is 1.29. The van der Waals surface area contributed by atoms with Gasteiger partial charge in [0.05, 0.1) is 0 Å². The van der Waals surface area contributed by atoms with E-state index in [1.54, 1.807) is 0 Å². The maximum atomic E-state index is 8.88. The standard InChI is InChI=1S/C6H11N.H3O4P/c7-6-4-2-1-3-5-6;1-5(2,3)4/h2,4,6H,1,3,5,7H2;(H3,1,2,3,4). The number of hydrogen-bond acceptors (Lipinski definition) is 2. The SMILES string of the molecule is NC1C=CCCC1.O=P(O)(O)O. The third-order valence-electron chi connectivity index (χ3n) is 1.29. The molecule has 12 heavy (non-hydrogen) atoms. The zero-order valence-corrected chi connectivity index (χ0v) is 7.52. The molecule has 0 spiro atoms. The van der Waals surface area contributed by atoms with Gasteiger partial charge in [-0.1, -0.05) is 12.2 Å². The van der Waals surface area contributed by atoms with Gasteiger partial charge in [0.1, 0.15) is 0 Å². The second-order valence-electron chi connectivity index (χ2n) is 2.54. The van der Waals surface area contributed by atoms with Gasteiger partial charge in [0, 0.05) is 6.04 Å². The summed E-state index contributed by atoms with van der Waals surface area (Å²) >= 11 is 0. The Morgan fingerprint density at radius 1 is 1.42 bits per heavy atom. The quantitative estimate of drug-likeness (QED) is 0.325. The van der Waals surface area contributed by atoms with E-state index in [9.17, 15) is 0 Å². The van der Waals surface area contributed by atoms with Crippen LogP contribution in [0.25, 0.3) is 0 Å². The van der Waals surface area contributed by atoms with Gasteiger partial charge in [-0.3, -0.25) is 0 Å². The summed E-state index contributed by atoms with van der Waals surface area (Å²) in [6.07, 6.45) is 7.93. The molecule has 1 aliphatic carbocycles. The van der Waals surface area contributed by atoms with Gasteiger partial charge < -0.3 is 20.4 Å². The number of phosphoric acid groups is 1. The molecule has 0 radical (unpaired) electrons. The largest absolute Gasteiger partial charge is 0.466 e. The van der Waals surface area contributed by atoms with E-state index in [0.717, 1.165) is 0 Å². The Hall–Kier alpha value is -0.190. The summed E-state index contributed by atoms with van der Waals surface area (Å²) in [7, 11) is -4.64. The van der Waals surface area contributed by atoms with Crippen LogP contribution >= 0.6 is 7.82 Å². The molecule has 1 aliphatic rings. The topological polar surface area (TPSA) is 104 Å². The van der Waals surface area contributed by atoms with Gasteiger partial charge in [0.25, 0.3) is 0 Å². The van der Waals surface area contributed by atoms with Crippen molar-refractivity contribution in [3.05, 3.63) is 12.2 Å². The molecule has 0 bridgehead atoms. The van der Waals surface area contributed by atoms with Crippen LogP contribution in [-0.2, 0) is 4.57 Å². The average molecular weight is 195 g/mol. The van der Waals surface area contributed by atoms with Crippen molar-refractivity contribution in [3.8, 4) is 0 Å². The summed E-state index contributed by atoms with van der Waals surface area (Å²) < 4.78 is 8.88. The first-order chi connectivity index (χ1) is 5.39. The first-order valence-electron chi connectivity index (χ1n) is 3.60. The van der Waals surface area contributed by atoms with Gasteiger partial charge in [-0.2, -0.15) is 0 Å². The van der Waals surface area contributed by atoms with E-state index in [-0.39, 0.29) is 0 Å². The van der Waals surface area contributed by atoms with Crippen LogP contribution in [0, 0.1) is 0 Å². The van der Waals surface area contributed by atoms with Crippen LogP contribution in [0.4, 0.5) is 0 Å². The second-order valence-corrected chi connectivity index (χ2v) is 3.56. The minimum Gasteiger partial charge on any atom is -0.324 e. The van der Waals surface area contributed by atoms with Crippen molar-refractivity contribution in [2.75, 3.05) is 0 Å². The highest BCUT2D eigenvalue weighted by atomic mass is 31.2. The van der Waals surface area contributed by atoms with E-state index < -0.39 is 7.82 Å². The highest BCUT2D eigenvalue weighted by Crippen LogP contribution is 2.25. The Morgan fingerprint density at radius 2 is 1.92 bits per heavy atom. The smallest absolute Gasteiger partial charge is 0.324 e. The Balaban J connectivity index is 0.000000217. The lowest BCUT2D eigenvalue weighted by atomic mass is 10.0. The molecule has 1 atom stereocenters. The van der Waals surface area contributed by atoms with E-state index in [1.807, 2.05) is 0 Å². The summed E-state index contributed by atoms with van der Waals surface area (Å²) in [5.41, 5.74) is 5.55. The Morgan fingerprint density at radius 3 is 2.08 bits per heavy atom. The van der Waals surface area contributed by atoms with E-state index >= 15 is 0 Å². The summed E-state index contributed by atoms with van der Waals surface area (Å²) in [5.74, 6) is 0. The number of rotatable bonds is 0. The Bertz CT molecular complexity index is 180. The zero-order chi connectivity index (χ0) is 9.61. The third kappa shape index (κ3) is 12.5. The van der Waals surface area contributed by atoms with Gasteiger partial charge in [-0.05, 0) is 19.3 Å². The maximum absolute atomic E-state index is 8.88. The lowest BCUT2D eigenvalue weighted by Gasteiger charge is -2.08. The van der Waals surface area contributed by atoms with Crippen molar-refractivity contribution in [1.29, 1.82) is 0 Å². The van der Waals surface area contributed by atoms with Gasteiger partial charge in [0.15, 0.2) is 0 Å². The summed E-state index contributed by atoms with van der Waals surface area (Å²) in [6, 6.07) is 0.355. The molecule has 0 amide bonds. The minimum atomic E-state index is -4.64. The van der Waals surface area contributed by atoms with E-state index in [1.165, 1.54) is 19.3 Å². The van der Waals surface area contributed by atoms with Crippen LogP contribution in [0.1, 0.15) is 19.3 Å². The summed E-state index contributed by atoms with van der Waals surface area (Å²) in [5, 5.41) is 0. The van der Waals surface area contributed by atoms with Crippen molar-refractivity contribution in [2.24, 2.45) is 5.73 Å². The van der Waals surface area contributed by atoms with Crippen molar-refractivity contribution in [3.63, 3.8) is 0 Å². The van der Waals surface area contributed by atoms with E-state index in [2.05, 4.69) is 12.2 Å². The molecule has 0 heterocycles. The molecule has 0 fully saturated rings. The van der Waals surface area contributed by atoms with Crippen LogP contribution in [-0.4, -0.2) is 20.7 Å². The first kappa shape index (κ1) is 11.8.